The number of aliphatic carboxylic acids is 1. The number of aryl methyl sites for hydroxylation is 1. The Hall–Kier alpha value is -4.15. The number of amides is 5. The van der Waals surface area contributed by atoms with Crippen molar-refractivity contribution < 1.29 is 28.7 Å². The highest BCUT2D eigenvalue weighted by molar-refractivity contribution is 5.98. The summed E-state index contributed by atoms with van der Waals surface area (Å²) in [5.74, 6) is -2.22. The highest BCUT2D eigenvalue weighted by atomic mass is 19.1. The minimum Gasteiger partial charge on any atom is -0.481 e. The van der Waals surface area contributed by atoms with E-state index in [-0.39, 0.29) is 31.1 Å². The summed E-state index contributed by atoms with van der Waals surface area (Å²) in [4.78, 5) is 54.3. The molecule has 2 aliphatic rings. The zero-order valence-corrected chi connectivity index (χ0v) is 21.9. The molecule has 2 aromatic rings. The highest BCUT2D eigenvalue weighted by Gasteiger charge is 2.44. The van der Waals surface area contributed by atoms with Crippen LogP contribution in [0.4, 0.5) is 25.4 Å². The second-order valence-electron chi connectivity index (χ2n) is 10.1. The van der Waals surface area contributed by atoms with E-state index >= 15 is 0 Å². The predicted octanol–water partition coefficient (Wildman–Crippen LogP) is 4.38. The van der Waals surface area contributed by atoms with Crippen LogP contribution in [0.2, 0.25) is 0 Å². The minimum atomic E-state index is -1.33. The van der Waals surface area contributed by atoms with Crippen LogP contribution in [0.15, 0.2) is 48.5 Å². The first-order chi connectivity index (χ1) is 18.7. The second-order valence-corrected chi connectivity index (χ2v) is 10.1. The van der Waals surface area contributed by atoms with Crippen molar-refractivity contribution in [2.75, 3.05) is 23.7 Å². The molecule has 0 aromatic heterocycles. The van der Waals surface area contributed by atoms with Gasteiger partial charge in [-0.2, -0.15) is 0 Å². The Labute approximate surface area is 226 Å². The molecule has 0 bridgehead atoms. The molecular formula is C28H34FN5O5. The summed E-state index contributed by atoms with van der Waals surface area (Å²) in [6.45, 7) is 2.04. The largest absolute Gasteiger partial charge is 0.481 e. The van der Waals surface area contributed by atoms with Gasteiger partial charge in [0, 0.05) is 30.5 Å². The molecule has 1 saturated carbocycles. The Bertz CT molecular complexity index is 1200. The van der Waals surface area contributed by atoms with E-state index in [4.69, 9.17) is 0 Å². The lowest BCUT2D eigenvalue weighted by molar-refractivity contribution is -0.138. The molecule has 0 spiro atoms. The SMILES string of the molecule is Cc1ccc(NC(=O)N2CCN(C(=O)Nc3cccc(F)c3)C2C(=O)NC(CC(=O)O)C2CCCCC2)cc1. The van der Waals surface area contributed by atoms with E-state index in [2.05, 4.69) is 16.0 Å². The Kier molecular flexibility index (Phi) is 9.00. The van der Waals surface area contributed by atoms with Crippen molar-refractivity contribution in [3.63, 3.8) is 0 Å². The molecule has 10 nitrogen and oxygen atoms in total. The molecule has 2 atom stereocenters. The van der Waals surface area contributed by atoms with Gasteiger partial charge in [-0.15, -0.1) is 0 Å². The van der Waals surface area contributed by atoms with Gasteiger partial charge >= 0.3 is 18.0 Å². The number of carbonyl (C=O) groups is 4. The Morgan fingerprint density at radius 3 is 2.13 bits per heavy atom. The van der Waals surface area contributed by atoms with Gasteiger partial charge in [0.15, 0.2) is 6.17 Å². The van der Waals surface area contributed by atoms with Gasteiger partial charge in [0.25, 0.3) is 5.91 Å². The van der Waals surface area contributed by atoms with Crippen molar-refractivity contribution >= 4 is 35.3 Å². The molecule has 0 radical (unpaired) electrons. The number of urea groups is 2. The van der Waals surface area contributed by atoms with Crippen molar-refractivity contribution in [2.24, 2.45) is 5.92 Å². The van der Waals surface area contributed by atoms with E-state index in [9.17, 15) is 28.7 Å². The zero-order valence-electron chi connectivity index (χ0n) is 21.9. The lowest BCUT2D eigenvalue weighted by Crippen LogP contribution is -2.58. The van der Waals surface area contributed by atoms with E-state index in [1.54, 1.807) is 12.1 Å². The van der Waals surface area contributed by atoms with Crippen molar-refractivity contribution in [2.45, 2.75) is 57.7 Å². The maximum Gasteiger partial charge on any atom is 0.323 e. The Balaban J connectivity index is 1.56. The zero-order chi connectivity index (χ0) is 27.9. The van der Waals surface area contributed by atoms with Gasteiger partial charge in [-0.1, -0.05) is 43.0 Å². The van der Waals surface area contributed by atoms with Crippen LogP contribution in [0, 0.1) is 18.7 Å². The number of anilines is 2. The first-order valence-corrected chi connectivity index (χ1v) is 13.2. The normalized spacial score (nSPS) is 18.4. The molecule has 11 heteroatoms. The fourth-order valence-electron chi connectivity index (χ4n) is 5.25. The fraction of sp³-hybridized carbons (Fsp3) is 0.429. The fourth-order valence-corrected chi connectivity index (χ4v) is 5.25. The Morgan fingerprint density at radius 1 is 0.923 bits per heavy atom. The van der Waals surface area contributed by atoms with Crippen LogP contribution in [-0.4, -0.2) is 64.1 Å². The number of benzene rings is 2. The number of carbonyl (C=O) groups excluding carboxylic acids is 3. The van der Waals surface area contributed by atoms with Crippen LogP contribution in [0.5, 0.6) is 0 Å². The summed E-state index contributed by atoms with van der Waals surface area (Å²) in [5.41, 5.74) is 1.74. The van der Waals surface area contributed by atoms with Crippen LogP contribution in [0.3, 0.4) is 0 Å². The minimum absolute atomic E-state index is 0.00962. The van der Waals surface area contributed by atoms with Gasteiger partial charge in [-0.3, -0.25) is 19.4 Å². The number of halogens is 1. The van der Waals surface area contributed by atoms with Gasteiger partial charge in [0.1, 0.15) is 5.82 Å². The number of carboxylic acids is 1. The number of nitrogens with one attached hydrogen (secondary N) is 3. The van der Waals surface area contributed by atoms with Gasteiger partial charge in [-0.05, 0) is 56.0 Å². The summed E-state index contributed by atoms with van der Waals surface area (Å²) < 4.78 is 13.7. The van der Waals surface area contributed by atoms with Crippen molar-refractivity contribution in [3.05, 3.63) is 59.9 Å². The molecular weight excluding hydrogens is 505 g/mol. The number of rotatable bonds is 7. The number of hydrogen-bond donors (Lipinski definition) is 4. The van der Waals surface area contributed by atoms with Gasteiger partial charge in [0.05, 0.1) is 6.42 Å². The summed E-state index contributed by atoms with van der Waals surface area (Å²) in [5, 5.41) is 17.7. The summed E-state index contributed by atoms with van der Waals surface area (Å²) in [7, 11) is 0. The third-order valence-electron chi connectivity index (χ3n) is 7.25. The smallest absolute Gasteiger partial charge is 0.323 e. The molecule has 2 aromatic carbocycles. The quantitative estimate of drug-likeness (QED) is 0.415. The summed E-state index contributed by atoms with van der Waals surface area (Å²) >= 11 is 0. The Morgan fingerprint density at radius 2 is 1.54 bits per heavy atom. The van der Waals surface area contributed by atoms with E-state index < -0.39 is 42.0 Å². The number of hydrogen-bond acceptors (Lipinski definition) is 4. The topological polar surface area (TPSA) is 131 Å². The van der Waals surface area contributed by atoms with Gasteiger partial charge in [-0.25, -0.2) is 14.0 Å². The third-order valence-corrected chi connectivity index (χ3v) is 7.25. The van der Waals surface area contributed by atoms with Crippen molar-refractivity contribution in [1.29, 1.82) is 0 Å². The molecule has 39 heavy (non-hydrogen) atoms. The highest BCUT2D eigenvalue weighted by Crippen LogP contribution is 2.29. The molecule has 5 amide bonds. The molecule has 2 unspecified atom stereocenters. The van der Waals surface area contributed by atoms with Crippen LogP contribution in [0.1, 0.15) is 44.1 Å². The summed E-state index contributed by atoms with van der Waals surface area (Å²) in [6, 6.07) is 10.6. The molecule has 4 rings (SSSR count). The van der Waals surface area contributed by atoms with Crippen LogP contribution in [0.25, 0.3) is 0 Å². The molecule has 208 valence electrons. The van der Waals surface area contributed by atoms with E-state index in [0.29, 0.717) is 5.69 Å². The van der Waals surface area contributed by atoms with Crippen LogP contribution < -0.4 is 16.0 Å². The molecule has 2 fully saturated rings. The lowest BCUT2D eigenvalue weighted by Gasteiger charge is -2.34. The average molecular weight is 540 g/mol. The average Bonchev–Trinajstić information content (AvgIpc) is 3.36. The van der Waals surface area contributed by atoms with Crippen LogP contribution in [-0.2, 0) is 9.59 Å². The van der Waals surface area contributed by atoms with E-state index in [1.807, 2.05) is 19.1 Å². The first-order valence-electron chi connectivity index (χ1n) is 13.2. The molecule has 1 aliphatic heterocycles. The van der Waals surface area contributed by atoms with Crippen LogP contribution >= 0.6 is 0 Å². The second kappa shape index (κ2) is 12.6. The predicted molar refractivity (Wildman–Crippen MR) is 144 cm³/mol. The molecule has 1 heterocycles. The standard InChI is InChI=1S/C28H34FN5O5/c1-18-10-12-21(13-11-18)30-27(38)33-14-15-34(28(39)31-22-9-5-8-20(29)16-22)26(33)25(37)32-23(17-24(35)36)19-6-3-2-4-7-19/h5,8-13,16,19,23,26H,2-4,6-7,14-15,17H2,1H3,(H,30,38)(H,31,39)(H,32,37)(H,35,36). The first kappa shape index (κ1) is 27.9. The summed E-state index contributed by atoms with van der Waals surface area (Å²) in [6.07, 6.45) is 2.97. The number of nitrogens with zero attached hydrogens (tertiary/aromatic N) is 2. The monoisotopic (exact) mass is 539 g/mol. The third kappa shape index (κ3) is 7.24. The van der Waals surface area contributed by atoms with Crippen molar-refractivity contribution in [1.82, 2.24) is 15.1 Å². The van der Waals surface area contributed by atoms with Crippen molar-refractivity contribution in [3.8, 4) is 0 Å². The molecule has 1 saturated heterocycles. The van der Waals surface area contributed by atoms with Gasteiger partial charge < -0.3 is 21.1 Å². The van der Waals surface area contributed by atoms with Gasteiger partial charge in [0.2, 0.25) is 0 Å². The number of carboxylic acid groups (broad SMARTS) is 1. The van der Waals surface area contributed by atoms with E-state index in [1.165, 1.54) is 28.0 Å². The van der Waals surface area contributed by atoms with E-state index in [0.717, 1.165) is 43.7 Å². The molecule has 4 N–H and O–H groups in total. The maximum atomic E-state index is 13.7. The molecule has 1 aliphatic carbocycles. The maximum absolute atomic E-state index is 13.7. The lowest BCUT2D eigenvalue weighted by atomic mass is 9.82.